The first-order valence-corrected chi connectivity index (χ1v) is 11.2. The van der Waals surface area contributed by atoms with Crippen molar-refractivity contribution in [3.63, 3.8) is 0 Å². The second-order valence-electron chi connectivity index (χ2n) is 8.09. The third kappa shape index (κ3) is 6.46. The largest absolute Gasteiger partial charge is 0.373 e. The lowest BCUT2D eigenvalue weighted by Crippen LogP contribution is -2.40. The first-order chi connectivity index (χ1) is 14.2. The molecular weight excluding hydrogens is 364 g/mol. The molecule has 2 saturated heterocycles. The fourth-order valence-corrected chi connectivity index (χ4v) is 4.12. The summed E-state index contributed by atoms with van der Waals surface area (Å²) in [7, 11) is 0. The number of guanidine groups is 1. The predicted molar refractivity (Wildman–Crippen MR) is 117 cm³/mol. The topological polar surface area (TPSA) is 66.0 Å². The maximum Gasteiger partial charge on any atom is 0.224 e. The zero-order chi connectivity index (χ0) is 20.5. The standard InChI is InChI=1S/C23H36N4O2/c1-3-24-23(25-13-12-21(28)27-14-4-5-15-27)26-17-20-7-6-16-29-22(20)19-10-8-18(2)9-11-19/h8-11,20,22H,3-7,12-17H2,1-2H3,(H2,24,25,26). The van der Waals surface area contributed by atoms with Crippen LogP contribution in [0.1, 0.15) is 56.3 Å². The van der Waals surface area contributed by atoms with Crippen molar-refractivity contribution in [3.8, 4) is 0 Å². The number of nitrogens with zero attached hydrogens (tertiary/aromatic N) is 2. The molecule has 6 heteroatoms. The molecule has 2 N–H and O–H groups in total. The van der Waals surface area contributed by atoms with Crippen molar-refractivity contribution in [3.05, 3.63) is 35.4 Å². The van der Waals surface area contributed by atoms with Gasteiger partial charge in [-0.2, -0.15) is 0 Å². The number of hydrogen-bond donors (Lipinski definition) is 2. The van der Waals surface area contributed by atoms with Crippen LogP contribution in [0.3, 0.4) is 0 Å². The Morgan fingerprint density at radius 3 is 2.66 bits per heavy atom. The molecule has 2 aliphatic heterocycles. The average Bonchev–Trinajstić information content (AvgIpc) is 3.28. The van der Waals surface area contributed by atoms with Crippen molar-refractivity contribution in [1.82, 2.24) is 15.5 Å². The fraction of sp³-hybridized carbons (Fsp3) is 0.652. The van der Waals surface area contributed by atoms with Crippen molar-refractivity contribution in [1.29, 1.82) is 0 Å². The number of rotatable bonds is 7. The molecule has 2 aliphatic rings. The third-order valence-corrected chi connectivity index (χ3v) is 5.77. The second-order valence-corrected chi connectivity index (χ2v) is 8.09. The molecule has 0 aliphatic carbocycles. The van der Waals surface area contributed by atoms with Gasteiger partial charge in [0.15, 0.2) is 5.96 Å². The average molecular weight is 401 g/mol. The van der Waals surface area contributed by atoms with E-state index in [1.54, 1.807) is 0 Å². The van der Waals surface area contributed by atoms with Crippen molar-refractivity contribution >= 4 is 11.9 Å². The lowest BCUT2D eigenvalue weighted by molar-refractivity contribution is -0.129. The molecule has 29 heavy (non-hydrogen) atoms. The van der Waals surface area contributed by atoms with Gasteiger partial charge in [-0.15, -0.1) is 0 Å². The monoisotopic (exact) mass is 400 g/mol. The summed E-state index contributed by atoms with van der Waals surface area (Å²) in [6.45, 7) is 8.94. The number of amides is 1. The van der Waals surface area contributed by atoms with Crippen LogP contribution in [0.25, 0.3) is 0 Å². The maximum absolute atomic E-state index is 12.2. The van der Waals surface area contributed by atoms with E-state index in [4.69, 9.17) is 9.73 Å². The van der Waals surface area contributed by atoms with Gasteiger partial charge in [-0.05, 0) is 45.1 Å². The van der Waals surface area contributed by atoms with Gasteiger partial charge in [-0.25, -0.2) is 0 Å². The van der Waals surface area contributed by atoms with Crippen LogP contribution in [0.2, 0.25) is 0 Å². The van der Waals surface area contributed by atoms with E-state index < -0.39 is 0 Å². The highest BCUT2D eigenvalue weighted by molar-refractivity contribution is 5.81. The number of aliphatic imine (C=N–C) groups is 1. The van der Waals surface area contributed by atoms with Crippen LogP contribution in [-0.4, -0.2) is 56.1 Å². The van der Waals surface area contributed by atoms with Gasteiger partial charge in [-0.3, -0.25) is 9.79 Å². The molecule has 2 atom stereocenters. The van der Waals surface area contributed by atoms with Gasteiger partial charge < -0.3 is 20.3 Å². The van der Waals surface area contributed by atoms with E-state index in [0.717, 1.165) is 57.9 Å². The molecule has 1 amide bonds. The van der Waals surface area contributed by atoms with E-state index in [1.807, 2.05) is 4.90 Å². The Morgan fingerprint density at radius 1 is 1.17 bits per heavy atom. The number of carbonyl (C=O) groups excluding carboxylic acids is 1. The summed E-state index contributed by atoms with van der Waals surface area (Å²) < 4.78 is 6.12. The molecule has 0 aromatic heterocycles. The van der Waals surface area contributed by atoms with Crippen LogP contribution < -0.4 is 10.6 Å². The Bertz CT molecular complexity index is 668. The van der Waals surface area contributed by atoms with E-state index in [-0.39, 0.29) is 12.0 Å². The molecule has 0 radical (unpaired) electrons. The van der Waals surface area contributed by atoms with Gasteiger partial charge in [0.05, 0.1) is 6.10 Å². The maximum atomic E-state index is 12.2. The van der Waals surface area contributed by atoms with Crippen molar-refractivity contribution < 1.29 is 9.53 Å². The number of benzene rings is 1. The molecule has 1 aromatic carbocycles. The van der Waals surface area contributed by atoms with Gasteiger partial charge in [0.2, 0.25) is 5.91 Å². The number of nitrogens with one attached hydrogen (secondary N) is 2. The zero-order valence-electron chi connectivity index (χ0n) is 18.0. The highest BCUT2D eigenvalue weighted by Gasteiger charge is 2.27. The highest BCUT2D eigenvalue weighted by atomic mass is 16.5. The first-order valence-electron chi connectivity index (χ1n) is 11.2. The number of ether oxygens (including phenoxy) is 1. The molecule has 6 nitrogen and oxygen atoms in total. The predicted octanol–water partition coefficient (Wildman–Crippen LogP) is 3.03. The van der Waals surface area contributed by atoms with Gasteiger partial charge >= 0.3 is 0 Å². The number of aryl methyl sites for hydroxylation is 1. The quantitative estimate of drug-likeness (QED) is 0.545. The van der Waals surface area contributed by atoms with E-state index in [0.29, 0.717) is 25.4 Å². The van der Waals surface area contributed by atoms with Crippen molar-refractivity contribution in [2.75, 3.05) is 39.3 Å². The third-order valence-electron chi connectivity index (χ3n) is 5.77. The molecule has 2 unspecified atom stereocenters. The molecule has 3 rings (SSSR count). The number of hydrogen-bond acceptors (Lipinski definition) is 3. The summed E-state index contributed by atoms with van der Waals surface area (Å²) >= 11 is 0. The second kappa shape index (κ2) is 11.2. The van der Waals surface area contributed by atoms with E-state index in [2.05, 4.69) is 48.7 Å². The van der Waals surface area contributed by atoms with Gasteiger partial charge in [-0.1, -0.05) is 29.8 Å². The van der Waals surface area contributed by atoms with Crippen LogP contribution in [0.5, 0.6) is 0 Å². The van der Waals surface area contributed by atoms with E-state index in [9.17, 15) is 4.79 Å². The Morgan fingerprint density at radius 2 is 1.93 bits per heavy atom. The molecular formula is C23H36N4O2. The zero-order valence-corrected chi connectivity index (χ0v) is 18.0. The number of likely N-dealkylation sites (tertiary alicyclic amines) is 1. The van der Waals surface area contributed by atoms with Crippen LogP contribution in [0.15, 0.2) is 29.3 Å². The van der Waals surface area contributed by atoms with Crippen LogP contribution in [0, 0.1) is 12.8 Å². The van der Waals surface area contributed by atoms with Gasteiger partial charge in [0, 0.05) is 51.7 Å². The van der Waals surface area contributed by atoms with E-state index in [1.165, 1.54) is 11.1 Å². The summed E-state index contributed by atoms with van der Waals surface area (Å²) in [5.74, 6) is 1.40. The highest BCUT2D eigenvalue weighted by Crippen LogP contribution is 2.33. The summed E-state index contributed by atoms with van der Waals surface area (Å²) in [6.07, 6.45) is 5.09. The van der Waals surface area contributed by atoms with Crippen LogP contribution in [-0.2, 0) is 9.53 Å². The summed E-state index contributed by atoms with van der Waals surface area (Å²) in [4.78, 5) is 19.0. The molecule has 2 fully saturated rings. The Labute approximate surface area is 175 Å². The Balaban J connectivity index is 1.54. The number of carbonyl (C=O) groups is 1. The molecule has 160 valence electrons. The minimum atomic E-state index is 0.104. The molecule has 0 spiro atoms. The molecule has 1 aromatic rings. The summed E-state index contributed by atoms with van der Waals surface area (Å²) in [5.41, 5.74) is 2.51. The molecule has 2 heterocycles. The van der Waals surface area contributed by atoms with E-state index >= 15 is 0 Å². The smallest absolute Gasteiger partial charge is 0.224 e. The minimum Gasteiger partial charge on any atom is -0.373 e. The minimum absolute atomic E-state index is 0.104. The van der Waals surface area contributed by atoms with Crippen molar-refractivity contribution in [2.24, 2.45) is 10.9 Å². The normalized spacial score (nSPS) is 22.6. The Kier molecular flexibility index (Phi) is 8.35. The fourth-order valence-electron chi connectivity index (χ4n) is 4.12. The Hall–Kier alpha value is -2.08. The molecule has 0 bridgehead atoms. The van der Waals surface area contributed by atoms with Gasteiger partial charge in [0.1, 0.15) is 0 Å². The summed E-state index contributed by atoms with van der Waals surface area (Å²) in [6, 6.07) is 8.65. The lowest BCUT2D eigenvalue weighted by Gasteiger charge is -2.31. The molecule has 0 saturated carbocycles. The lowest BCUT2D eigenvalue weighted by atomic mass is 9.89. The van der Waals surface area contributed by atoms with Crippen LogP contribution >= 0.6 is 0 Å². The van der Waals surface area contributed by atoms with Gasteiger partial charge in [0.25, 0.3) is 0 Å². The first kappa shape index (κ1) is 21.6. The van der Waals surface area contributed by atoms with Crippen molar-refractivity contribution in [2.45, 2.75) is 52.1 Å². The van der Waals surface area contributed by atoms with Crippen LogP contribution in [0.4, 0.5) is 0 Å². The SMILES string of the molecule is CCNC(=NCC1CCCOC1c1ccc(C)cc1)NCCC(=O)N1CCCC1. The summed E-state index contributed by atoms with van der Waals surface area (Å²) in [5, 5.41) is 6.63.